The van der Waals surface area contributed by atoms with E-state index in [1.165, 1.54) is 0 Å². The summed E-state index contributed by atoms with van der Waals surface area (Å²) >= 11 is 0. The zero-order valence-electron chi connectivity index (χ0n) is 13.0. The predicted octanol–water partition coefficient (Wildman–Crippen LogP) is 1.72. The number of halogens is 1. The van der Waals surface area contributed by atoms with Crippen molar-refractivity contribution in [2.45, 2.75) is 65.1 Å². The van der Waals surface area contributed by atoms with E-state index < -0.39 is 17.7 Å². The smallest absolute Gasteiger partial charge is 0.329 e. The van der Waals surface area contributed by atoms with Gasteiger partial charge in [-0.15, -0.1) is 12.4 Å². The van der Waals surface area contributed by atoms with Crippen LogP contribution in [0.3, 0.4) is 0 Å². The summed E-state index contributed by atoms with van der Waals surface area (Å²) < 4.78 is 5.37. The van der Waals surface area contributed by atoms with Crippen LogP contribution in [0.5, 0.6) is 0 Å². The van der Waals surface area contributed by atoms with Gasteiger partial charge in [0, 0.05) is 6.54 Å². The Kier molecular flexibility index (Phi) is 6.98. The van der Waals surface area contributed by atoms with E-state index in [1.807, 2.05) is 34.6 Å². The molecule has 0 aliphatic carbocycles. The van der Waals surface area contributed by atoms with Gasteiger partial charge >= 0.3 is 5.97 Å². The summed E-state index contributed by atoms with van der Waals surface area (Å²) in [5, 5.41) is 0. The first-order valence-corrected chi connectivity index (χ1v) is 6.92. The van der Waals surface area contributed by atoms with E-state index in [-0.39, 0.29) is 30.2 Å². The van der Waals surface area contributed by atoms with Crippen molar-refractivity contribution in [2.24, 2.45) is 11.7 Å². The van der Waals surface area contributed by atoms with Gasteiger partial charge in [0.1, 0.15) is 11.6 Å². The summed E-state index contributed by atoms with van der Waals surface area (Å²) in [5.41, 5.74) is 5.35. The molecule has 20 heavy (non-hydrogen) atoms. The number of ether oxygens (including phenoxy) is 1. The summed E-state index contributed by atoms with van der Waals surface area (Å²) in [6, 6.07) is -1.03. The van der Waals surface area contributed by atoms with E-state index >= 15 is 0 Å². The maximum atomic E-state index is 12.3. The highest BCUT2D eigenvalue weighted by Crippen LogP contribution is 2.22. The quantitative estimate of drug-likeness (QED) is 0.806. The summed E-state index contributed by atoms with van der Waals surface area (Å²) in [5.74, 6) is -0.412. The molecule has 1 aliphatic rings. The molecule has 2 atom stereocenters. The number of amides is 1. The van der Waals surface area contributed by atoms with Crippen molar-refractivity contribution in [3.8, 4) is 0 Å². The van der Waals surface area contributed by atoms with Crippen LogP contribution >= 0.6 is 12.4 Å². The highest BCUT2D eigenvalue weighted by atomic mass is 35.5. The molecular weight excluding hydrogens is 280 g/mol. The molecule has 2 N–H and O–H groups in total. The van der Waals surface area contributed by atoms with Crippen LogP contribution in [-0.4, -0.2) is 41.0 Å². The van der Waals surface area contributed by atoms with Gasteiger partial charge in [0.15, 0.2) is 0 Å². The average Bonchev–Trinajstić information content (AvgIpc) is 2.73. The van der Waals surface area contributed by atoms with E-state index in [1.54, 1.807) is 4.90 Å². The molecule has 5 nitrogen and oxygen atoms in total. The SMILES string of the molecule is CC(C)C(N)C(=O)N1CCCC1C(=O)OC(C)(C)C.Cl. The second kappa shape index (κ2) is 7.27. The summed E-state index contributed by atoms with van der Waals surface area (Å²) in [7, 11) is 0. The number of rotatable bonds is 3. The van der Waals surface area contributed by atoms with Gasteiger partial charge in [0.25, 0.3) is 0 Å². The molecule has 1 saturated heterocycles. The lowest BCUT2D eigenvalue weighted by Gasteiger charge is -2.29. The fourth-order valence-electron chi connectivity index (χ4n) is 2.12. The van der Waals surface area contributed by atoms with Crippen LogP contribution in [0.25, 0.3) is 0 Å². The van der Waals surface area contributed by atoms with Gasteiger partial charge in [-0.3, -0.25) is 4.79 Å². The minimum atomic E-state index is -0.553. The summed E-state index contributed by atoms with van der Waals surface area (Å²) in [6.45, 7) is 9.87. The largest absolute Gasteiger partial charge is 0.458 e. The van der Waals surface area contributed by atoms with Crippen LogP contribution < -0.4 is 5.73 Å². The van der Waals surface area contributed by atoms with Crippen LogP contribution in [0.4, 0.5) is 0 Å². The Labute approximate surface area is 127 Å². The van der Waals surface area contributed by atoms with E-state index in [0.717, 1.165) is 6.42 Å². The maximum absolute atomic E-state index is 12.3. The number of carbonyl (C=O) groups excluding carboxylic acids is 2. The first-order chi connectivity index (χ1) is 8.63. The first kappa shape index (κ1) is 19.2. The molecule has 1 heterocycles. The molecule has 118 valence electrons. The van der Waals surface area contributed by atoms with Crippen molar-refractivity contribution in [2.75, 3.05) is 6.54 Å². The number of hydrogen-bond acceptors (Lipinski definition) is 4. The molecule has 1 aliphatic heterocycles. The normalized spacial score (nSPS) is 20.6. The zero-order chi connectivity index (χ0) is 14.8. The monoisotopic (exact) mass is 306 g/mol. The third-order valence-electron chi connectivity index (χ3n) is 3.22. The van der Waals surface area contributed by atoms with Gasteiger partial charge < -0.3 is 15.4 Å². The molecule has 0 spiro atoms. The van der Waals surface area contributed by atoms with Gasteiger partial charge in [0.05, 0.1) is 6.04 Å². The number of nitrogens with zero attached hydrogens (tertiary/aromatic N) is 1. The molecule has 0 aromatic rings. The standard InChI is InChI=1S/C14H26N2O3.ClH/c1-9(2)11(15)12(17)16-8-6-7-10(16)13(18)19-14(3,4)5;/h9-11H,6-8,15H2,1-5H3;1H. The lowest BCUT2D eigenvalue weighted by Crippen LogP contribution is -2.51. The molecule has 0 aromatic heterocycles. The van der Waals surface area contributed by atoms with E-state index in [0.29, 0.717) is 13.0 Å². The number of esters is 1. The average molecular weight is 307 g/mol. The Morgan fingerprint density at radius 1 is 1.30 bits per heavy atom. The van der Waals surface area contributed by atoms with Gasteiger partial charge in [-0.05, 0) is 39.5 Å². The number of nitrogens with two attached hydrogens (primary N) is 1. The minimum absolute atomic E-state index is 0. The molecule has 6 heteroatoms. The topological polar surface area (TPSA) is 72.6 Å². The van der Waals surface area contributed by atoms with Crippen molar-refractivity contribution >= 4 is 24.3 Å². The molecule has 1 fully saturated rings. The third-order valence-corrected chi connectivity index (χ3v) is 3.22. The van der Waals surface area contributed by atoms with E-state index in [9.17, 15) is 9.59 Å². The Bertz CT molecular complexity index is 353. The second-order valence-electron chi connectivity index (χ2n) is 6.49. The van der Waals surface area contributed by atoms with Gasteiger partial charge in [-0.1, -0.05) is 13.8 Å². The van der Waals surface area contributed by atoms with Gasteiger partial charge in [-0.2, -0.15) is 0 Å². The van der Waals surface area contributed by atoms with Crippen molar-refractivity contribution in [3.63, 3.8) is 0 Å². The van der Waals surface area contributed by atoms with Crippen LogP contribution in [-0.2, 0) is 14.3 Å². The van der Waals surface area contributed by atoms with Gasteiger partial charge in [0.2, 0.25) is 5.91 Å². The summed E-state index contributed by atoms with van der Waals surface area (Å²) in [4.78, 5) is 26.0. The Morgan fingerprint density at radius 2 is 1.85 bits per heavy atom. The van der Waals surface area contributed by atoms with Crippen LogP contribution in [0, 0.1) is 5.92 Å². The van der Waals surface area contributed by atoms with Crippen LogP contribution in [0.2, 0.25) is 0 Å². The highest BCUT2D eigenvalue weighted by Gasteiger charge is 2.38. The molecule has 1 rings (SSSR count). The molecule has 0 aromatic carbocycles. The van der Waals surface area contributed by atoms with E-state index in [2.05, 4.69) is 0 Å². The fourth-order valence-corrected chi connectivity index (χ4v) is 2.12. The molecular formula is C14H27ClN2O3. The second-order valence-corrected chi connectivity index (χ2v) is 6.49. The van der Waals surface area contributed by atoms with Crippen molar-refractivity contribution in [1.29, 1.82) is 0 Å². The Morgan fingerprint density at radius 3 is 2.30 bits per heavy atom. The lowest BCUT2D eigenvalue weighted by atomic mass is 10.0. The van der Waals surface area contributed by atoms with E-state index in [4.69, 9.17) is 10.5 Å². The number of hydrogen-bond donors (Lipinski definition) is 1. The summed E-state index contributed by atoms with van der Waals surface area (Å²) in [6.07, 6.45) is 1.48. The lowest BCUT2D eigenvalue weighted by molar-refractivity contribution is -0.163. The van der Waals surface area contributed by atoms with Crippen molar-refractivity contribution in [1.82, 2.24) is 4.90 Å². The maximum Gasteiger partial charge on any atom is 0.329 e. The molecule has 0 radical (unpaired) electrons. The van der Waals surface area contributed by atoms with Gasteiger partial charge in [-0.25, -0.2) is 4.79 Å². The fraction of sp³-hybridized carbons (Fsp3) is 0.857. The van der Waals surface area contributed by atoms with Crippen LogP contribution in [0.1, 0.15) is 47.5 Å². The molecule has 1 amide bonds. The van der Waals surface area contributed by atoms with Crippen LogP contribution in [0.15, 0.2) is 0 Å². The van der Waals surface area contributed by atoms with Crippen molar-refractivity contribution < 1.29 is 14.3 Å². The Hall–Kier alpha value is -0.810. The predicted molar refractivity (Wildman–Crippen MR) is 80.6 cm³/mol. The Balaban J connectivity index is 0.00000361. The highest BCUT2D eigenvalue weighted by molar-refractivity contribution is 5.88. The zero-order valence-corrected chi connectivity index (χ0v) is 13.8. The van der Waals surface area contributed by atoms with Crippen molar-refractivity contribution in [3.05, 3.63) is 0 Å². The number of likely N-dealkylation sites (tertiary alicyclic amines) is 1. The first-order valence-electron chi connectivity index (χ1n) is 6.92. The minimum Gasteiger partial charge on any atom is -0.458 e. The third kappa shape index (κ3) is 4.94. The molecule has 2 unspecified atom stereocenters. The molecule has 0 saturated carbocycles. The number of carbonyl (C=O) groups is 2. The molecule has 0 bridgehead atoms.